The summed E-state index contributed by atoms with van der Waals surface area (Å²) in [6, 6.07) is 2.72. The zero-order valence-corrected chi connectivity index (χ0v) is 11.4. The largest absolute Gasteiger partial charge is 0.476 e. The number of urea groups is 1. The lowest BCUT2D eigenvalue weighted by Crippen LogP contribution is -2.33. The highest BCUT2D eigenvalue weighted by Gasteiger charge is 2.21. The lowest BCUT2D eigenvalue weighted by Gasteiger charge is -2.12. The minimum absolute atomic E-state index is 0.155. The molecular weight excluding hydrogens is 258 g/mol. The molecule has 6 heteroatoms. The molecule has 6 nitrogen and oxygen atoms in total. The number of amides is 2. The van der Waals surface area contributed by atoms with E-state index >= 15 is 0 Å². The summed E-state index contributed by atoms with van der Waals surface area (Å²) in [4.78, 5) is 26.5. The van der Waals surface area contributed by atoms with Gasteiger partial charge in [0.05, 0.1) is 5.69 Å². The van der Waals surface area contributed by atoms with Crippen LogP contribution in [-0.4, -0.2) is 28.6 Å². The van der Waals surface area contributed by atoms with Gasteiger partial charge in [0.15, 0.2) is 5.69 Å². The average molecular weight is 277 g/mol. The second-order valence-electron chi connectivity index (χ2n) is 5.32. The minimum atomic E-state index is -1.16. The van der Waals surface area contributed by atoms with Crippen LogP contribution in [0.5, 0.6) is 0 Å². The molecule has 1 aromatic heterocycles. The van der Waals surface area contributed by atoms with Crippen molar-refractivity contribution in [3.05, 3.63) is 24.0 Å². The Morgan fingerprint density at radius 1 is 1.45 bits per heavy atom. The van der Waals surface area contributed by atoms with Gasteiger partial charge >= 0.3 is 12.0 Å². The van der Waals surface area contributed by atoms with E-state index in [1.165, 1.54) is 18.7 Å². The normalized spacial score (nSPS) is 21.4. The molecule has 0 aliphatic heterocycles. The number of nitrogens with one attached hydrogen (secondary N) is 2. The summed E-state index contributed by atoms with van der Waals surface area (Å²) >= 11 is 0. The Morgan fingerprint density at radius 2 is 2.25 bits per heavy atom. The average Bonchev–Trinajstić information content (AvgIpc) is 2.83. The summed E-state index contributed by atoms with van der Waals surface area (Å²) in [6.07, 6.45) is 4.86. The monoisotopic (exact) mass is 277 g/mol. The van der Waals surface area contributed by atoms with Crippen molar-refractivity contribution in [1.29, 1.82) is 0 Å². The third-order valence-electron chi connectivity index (χ3n) is 3.61. The van der Waals surface area contributed by atoms with E-state index < -0.39 is 5.97 Å². The number of aromatic nitrogens is 1. The first-order chi connectivity index (χ1) is 9.56. The number of hydrogen-bond acceptors (Lipinski definition) is 3. The molecule has 0 spiro atoms. The molecule has 1 aliphatic carbocycles. The molecule has 2 rings (SSSR count). The number of rotatable bonds is 4. The molecular formula is C14H19N3O3. The molecule has 0 aromatic carbocycles. The van der Waals surface area contributed by atoms with Gasteiger partial charge in [0.25, 0.3) is 0 Å². The standard InChI is InChI=1S/C14H19N3O3/c1-9-4-5-10(7-9)8-16-14(20)17-11-3-2-6-15-12(11)13(18)19/h2-3,6,9-10H,4-5,7-8H2,1H3,(H,18,19)(H2,16,17,20). The quantitative estimate of drug-likeness (QED) is 0.787. The summed E-state index contributed by atoms with van der Waals surface area (Å²) in [5.41, 5.74) is 0.0504. The van der Waals surface area contributed by atoms with Gasteiger partial charge in [-0.3, -0.25) is 0 Å². The van der Waals surface area contributed by atoms with Gasteiger partial charge in [0.1, 0.15) is 0 Å². The van der Waals surface area contributed by atoms with Crippen LogP contribution in [0.4, 0.5) is 10.5 Å². The summed E-state index contributed by atoms with van der Waals surface area (Å²) in [5.74, 6) is 0.0795. The van der Waals surface area contributed by atoms with E-state index in [0.29, 0.717) is 12.5 Å². The van der Waals surface area contributed by atoms with Crippen LogP contribution in [0.1, 0.15) is 36.7 Å². The van der Waals surface area contributed by atoms with Crippen molar-refractivity contribution in [3.8, 4) is 0 Å². The first-order valence-electron chi connectivity index (χ1n) is 6.79. The fourth-order valence-corrected chi connectivity index (χ4v) is 2.59. The highest BCUT2D eigenvalue weighted by atomic mass is 16.4. The van der Waals surface area contributed by atoms with E-state index in [1.807, 2.05) is 0 Å². The van der Waals surface area contributed by atoms with Crippen LogP contribution in [0, 0.1) is 11.8 Å². The Bertz CT molecular complexity index is 504. The third-order valence-corrected chi connectivity index (χ3v) is 3.61. The van der Waals surface area contributed by atoms with Gasteiger partial charge in [-0.25, -0.2) is 14.6 Å². The fraction of sp³-hybridized carbons (Fsp3) is 0.500. The van der Waals surface area contributed by atoms with Crippen LogP contribution in [0.25, 0.3) is 0 Å². The summed E-state index contributed by atoms with van der Waals surface area (Å²) in [5, 5.41) is 14.3. The topological polar surface area (TPSA) is 91.3 Å². The fourth-order valence-electron chi connectivity index (χ4n) is 2.59. The smallest absolute Gasteiger partial charge is 0.356 e. The van der Waals surface area contributed by atoms with E-state index in [1.54, 1.807) is 6.07 Å². The highest BCUT2D eigenvalue weighted by Crippen LogP contribution is 2.29. The maximum Gasteiger partial charge on any atom is 0.356 e. The van der Waals surface area contributed by atoms with Crippen LogP contribution < -0.4 is 10.6 Å². The molecule has 2 amide bonds. The second kappa shape index (κ2) is 6.36. The number of carbonyl (C=O) groups is 2. The van der Waals surface area contributed by atoms with Crippen molar-refractivity contribution >= 4 is 17.7 Å². The van der Waals surface area contributed by atoms with Gasteiger partial charge in [0, 0.05) is 12.7 Å². The first kappa shape index (κ1) is 14.3. The van der Waals surface area contributed by atoms with E-state index in [2.05, 4.69) is 22.5 Å². The van der Waals surface area contributed by atoms with Crippen LogP contribution in [0.15, 0.2) is 18.3 Å². The third kappa shape index (κ3) is 3.69. The number of hydrogen-bond donors (Lipinski definition) is 3. The van der Waals surface area contributed by atoms with E-state index in [9.17, 15) is 9.59 Å². The number of anilines is 1. The Morgan fingerprint density at radius 3 is 2.90 bits per heavy atom. The molecule has 1 heterocycles. The molecule has 2 atom stereocenters. The Kier molecular flexibility index (Phi) is 4.55. The van der Waals surface area contributed by atoms with Crippen LogP contribution in [0.2, 0.25) is 0 Å². The maximum atomic E-state index is 11.8. The SMILES string of the molecule is CC1CCC(CNC(=O)Nc2cccnc2C(=O)O)C1. The van der Waals surface area contributed by atoms with Crippen molar-refractivity contribution in [1.82, 2.24) is 10.3 Å². The second-order valence-corrected chi connectivity index (χ2v) is 5.32. The molecule has 3 N–H and O–H groups in total. The molecule has 1 saturated carbocycles. The number of nitrogens with zero attached hydrogens (tertiary/aromatic N) is 1. The molecule has 108 valence electrons. The molecule has 0 saturated heterocycles. The zero-order chi connectivity index (χ0) is 14.5. The van der Waals surface area contributed by atoms with Gasteiger partial charge in [-0.1, -0.05) is 13.3 Å². The van der Waals surface area contributed by atoms with Crippen molar-refractivity contribution in [2.24, 2.45) is 11.8 Å². The number of pyridine rings is 1. The van der Waals surface area contributed by atoms with Gasteiger partial charge in [0.2, 0.25) is 0 Å². The number of aromatic carboxylic acids is 1. The predicted molar refractivity (Wildman–Crippen MR) is 74.7 cm³/mol. The molecule has 1 aromatic rings. The van der Waals surface area contributed by atoms with E-state index in [4.69, 9.17) is 5.11 Å². The minimum Gasteiger partial charge on any atom is -0.476 e. The zero-order valence-electron chi connectivity index (χ0n) is 11.4. The lowest BCUT2D eigenvalue weighted by atomic mass is 10.1. The van der Waals surface area contributed by atoms with Crippen LogP contribution >= 0.6 is 0 Å². The summed E-state index contributed by atoms with van der Waals surface area (Å²) in [6.45, 7) is 2.84. The summed E-state index contributed by atoms with van der Waals surface area (Å²) in [7, 11) is 0. The van der Waals surface area contributed by atoms with Gasteiger partial charge in [-0.15, -0.1) is 0 Å². The highest BCUT2D eigenvalue weighted by molar-refractivity contribution is 5.98. The molecule has 2 unspecified atom stereocenters. The van der Waals surface area contributed by atoms with Crippen molar-refractivity contribution in [2.45, 2.75) is 26.2 Å². The Labute approximate surface area is 117 Å². The molecule has 20 heavy (non-hydrogen) atoms. The van der Waals surface area contributed by atoms with E-state index in [0.717, 1.165) is 18.8 Å². The van der Waals surface area contributed by atoms with Gasteiger partial charge in [-0.05, 0) is 36.8 Å². The van der Waals surface area contributed by atoms with Crippen molar-refractivity contribution in [2.75, 3.05) is 11.9 Å². The summed E-state index contributed by atoms with van der Waals surface area (Å²) < 4.78 is 0. The van der Waals surface area contributed by atoms with Crippen LogP contribution in [-0.2, 0) is 0 Å². The Balaban J connectivity index is 1.87. The first-order valence-corrected chi connectivity index (χ1v) is 6.79. The van der Waals surface area contributed by atoms with Gasteiger partial charge < -0.3 is 15.7 Å². The molecule has 0 radical (unpaired) electrons. The maximum absolute atomic E-state index is 11.8. The molecule has 0 bridgehead atoms. The Hall–Kier alpha value is -2.11. The number of carboxylic acid groups (broad SMARTS) is 1. The molecule has 1 aliphatic rings. The van der Waals surface area contributed by atoms with Crippen molar-refractivity contribution < 1.29 is 14.7 Å². The predicted octanol–water partition coefficient (Wildman–Crippen LogP) is 2.34. The van der Waals surface area contributed by atoms with Gasteiger partial charge in [-0.2, -0.15) is 0 Å². The van der Waals surface area contributed by atoms with Crippen molar-refractivity contribution in [3.63, 3.8) is 0 Å². The molecule has 1 fully saturated rings. The van der Waals surface area contributed by atoms with E-state index in [-0.39, 0.29) is 17.4 Å². The number of carboxylic acids is 1. The number of carbonyl (C=O) groups excluding carboxylic acids is 1. The van der Waals surface area contributed by atoms with Crippen LogP contribution in [0.3, 0.4) is 0 Å². The lowest BCUT2D eigenvalue weighted by molar-refractivity contribution is 0.0691.